The summed E-state index contributed by atoms with van der Waals surface area (Å²) in [6, 6.07) is 9.94. The highest BCUT2D eigenvalue weighted by Crippen LogP contribution is 2.35. The number of carboxylic acids is 1. The lowest BCUT2D eigenvalue weighted by Gasteiger charge is -2.28. The molecule has 2 rings (SSSR count). The number of carbonyl (C=O) groups excluding carboxylic acids is 1. The van der Waals surface area contributed by atoms with E-state index in [2.05, 4.69) is 5.32 Å². The molecule has 1 fully saturated rings. The fraction of sp³-hybridized carbons (Fsp3) is 0.579. The summed E-state index contributed by atoms with van der Waals surface area (Å²) in [5, 5.41) is 11.8. The van der Waals surface area contributed by atoms with Crippen LogP contribution in [-0.4, -0.2) is 30.2 Å². The van der Waals surface area contributed by atoms with Crippen molar-refractivity contribution in [1.82, 2.24) is 5.32 Å². The molecule has 1 aromatic carbocycles. The molecular weight excluding hydrogens is 306 g/mol. The molecule has 1 saturated carbocycles. The second kappa shape index (κ2) is 10.8. The fourth-order valence-electron chi connectivity index (χ4n) is 2.66. The van der Waals surface area contributed by atoms with Gasteiger partial charge in [-0.1, -0.05) is 49.6 Å². The Morgan fingerprint density at radius 1 is 1.17 bits per heavy atom. The molecule has 1 aliphatic rings. The van der Waals surface area contributed by atoms with Gasteiger partial charge in [-0.2, -0.15) is 0 Å². The second-order valence-electron chi connectivity index (χ2n) is 6.32. The first-order valence-corrected chi connectivity index (χ1v) is 8.61. The molecule has 0 aliphatic heterocycles. The minimum atomic E-state index is -0.618. The number of rotatable bonds is 6. The second-order valence-corrected chi connectivity index (χ2v) is 6.32. The van der Waals surface area contributed by atoms with E-state index in [0.29, 0.717) is 13.2 Å². The molecule has 1 aliphatic carbocycles. The van der Waals surface area contributed by atoms with E-state index < -0.39 is 11.4 Å². The van der Waals surface area contributed by atoms with E-state index in [1.54, 1.807) is 6.92 Å². The summed E-state index contributed by atoms with van der Waals surface area (Å²) in [7, 11) is 0. The Hall–Kier alpha value is -1.88. The van der Waals surface area contributed by atoms with Gasteiger partial charge in [0.1, 0.15) is 0 Å². The van der Waals surface area contributed by atoms with E-state index in [0.717, 1.165) is 31.2 Å². The molecule has 24 heavy (non-hydrogen) atoms. The highest BCUT2D eigenvalue weighted by atomic mass is 16.5. The minimum Gasteiger partial charge on any atom is -0.481 e. The Labute approximate surface area is 144 Å². The quantitative estimate of drug-likeness (QED) is 0.780. The molecule has 2 N–H and O–H groups in total. The van der Waals surface area contributed by atoms with Gasteiger partial charge < -0.3 is 15.2 Å². The van der Waals surface area contributed by atoms with Crippen LogP contribution in [0.1, 0.15) is 51.5 Å². The zero-order chi connectivity index (χ0) is 17.8. The summed E-state index contributed by atoms with van der Waals surface area (Å²) in [5.41, 5.74) is 0.759. The average Bonchev–Trinajstić information content (AvgIpc) is 2.57. The smallest absolute Gasteiger partial charge is 0.319 e. The van der Waals surface area contributed by atoms with Gasteiger partial charge in [-0.05, 0) is 32.3 Å². The third-order valence-electron chi connectivity index (χ3n) is 4.22. The number of nitrogens with one attached hydrogen (secondary N) is 1. The van der Waals surface area contributed by atoms with Crippen molar-refractivity contribution in [3.05, 3.63) is 35.9 Å². The van der Waals surface area contributed by atoms with Crippen LogP contribution in [-0.2, 0) is 20.9 Å². The molecule has 0 saturated heterocycles. The van der Waals surface area contributed by atoms with Crippen molar-refractivity contribution in [2.45, 2.75) is 52.5 Å². The number of aliphatic carboxylic acids is 1. The molecule has 0 bridgehead atoms. The topological polar surface area (TPSA) is 75.6 Å². The van der Waals surface area contributed by atoms with Gasteiger partial charge in [-0.25, -0.2) is 0 Å². The maximum Gasteiger partial charge on any atom is 0.319 e. The third kappa shape index (κ3) is 7.59. The molecule has 0 spiro atoms. The first-order chi connectivity index (χ1) is 11.5. The number of carboxylic acid groups (broad SMARTS) is 1. The molecule has 0 atom stereocenters. The van der Waals surface area contributed by atoms with Gasteiger partial charge in [0, 0.05) is 6.54 Å². The standard InChI is InChI=1S/C11H15NO2.C8H14O2/c1-2-14-11(13)9-12-8-10-6-4-3-5-7-10;1-8(7(9)10)5-3-2-4-6-8/h3-7,12H,2,8-9H2,1H3;2-6H2,1H3,(H,9,10). The van der Waals surface area contributed by atoms with Crippen LogP contribution in [0.4, 0.5) is 0 Å². The van der Waals surface area contributed by atoms with E-state index in [9.17, 15) is 9.59 Å². The normalized spacial score (nSPS) is 15.8. The van der Waals surface area contributed by atoms with E-state index in [1.807, 2.05) is 37.3 Å². The summed E-state index contributed by atoms with van der Waals surface area (Å²) in [6.07, 6.45) is 5.11. The van der Waals surface area contributed by atoms with Crippen molar-refractivity contribution in [3.8, 4) is 0 Å². The fourth-order valence-corrected chi connectivity index (χ4v) is 2.66. The number of hydrogen-bond acceptors (Lipinski definition) is 4. The SMILES string of the molecule is CC1(C(=O)O)CCCCC1.CCOC(=O)CNCc1ccccc1. The van der Waals surface area contributed by atoms with Gasteiger partial charge in [0.15, 0.2) is 0 Å². The average molecular weight is 335 g/mol. The van der Waals surface area contributed by atoms with Crippen LogP contribution in [0.25, 0.3) is 0 Å². The first kappa shape index (κ1) is 20.2. The largest absolute Gasteiger partial charge is 0.481 e. The molecule has 0 heterocycles. The van der Waals surface area contributed by atoms with Gasteiger partial charge in [0.25, 0.3) is 0 Å². The number of ether oxygens (including phenoxy) is 1. The molecule has 0 amide bonds. The predicted molar refractivity (Wildman–Crippen MR) is 93.6 cm³/mol. The van der Waals surface area contributed by atoms with Crippen molar-refractivity contribution < 1.29 is 19.4 Å². The summed E-state index contributed by atoms with van der Waals surface area (Å²) < 4.78 is 4.78. The Kier molecular flexibility index (Phi) is 9.08. The summed E-state index contributed by atoms with van der Waals surface area (Å²) in [5.74, 6) is -0.823. The Morgan fingerprint density at radius 2 is 1.79 bits per heavy atom. The van der Waals surface area contributed by atoms with E-state index in [1.165, 1.54) is 6.42 Å². The minimum absolute atomic E-state index is 0.205. The van der Waals surface area contributed by atoms with Crippen molar-refractivity contribution >= 4 is 11.9 Å². The molecular formula is C19H29NO4. The molecule has 1 aromatic rings. The van der Waals surface area contributed by atoms with Crippen molar-refractivity contribution in [2.75, 3.05) is 13.2 Å². The molecule has 0 aromatic heterocycles. The van der Waals surface area contributed by atoms with Gasteiger partial charge in [0.2, 0.25) is 0 Å². The maximum atomic E-state index is 10.9. The van der Waals surface area contributed by atoms with Gasteiger partial charge >= 0.3 is 11.9 Å². The number of benzene rings is 1. The van der Waals surface area contributed by atoms with Crippen LogP contribution >= 0.6 is 0 Å². The van der Waals surface area contributed by atoms with Crippen molar-refractivity contribution in [1.29, 1.82) is 0 Å². The lowest BCUT2D eigenvalue weighted by molar-refractivity contribution is -0.149. The highest BCUT2D eigenvalue weighted by Gasteiger charge is 2.33. The van der Waals surface area contributed by atoms with Gasteiger partial charge in [-0.15, -0.1) is 0 Å². The zero-order valence-corrected chi connectivity index (χ0v) is 14.7. The maximum absolute atomic E-state index is 10.9. The molecule has 5 heteroatoms. The summed E-state index contributed by atoms with van der Waals surface area (Å²) in [4.78, 5) is 21.6. The lowest BCUT2D eigenvalue weighted by Crippen LogP contribution is -2.29. The van der Waals surface area contributed by atoms with Crippen molar-refractivity contribution in [2.24, 2.45) is 5.41 Å². The summed E-state index contributed by atoms with van der Waals surface area (Å²) >= 11 is 0. The van der Waals surface area contributed by atoms with Gasteiger partial charge in [0.05, 0.1) is 18.6 Å². The Balaban J connectivity index is 0.000000254. The van der Waals surface area contributed by atoms with Crippen LogP contribution in [0.5, 0.6) is 0 Å². The molecule has 5 nitrogen and oxygen atoms in total. The van der Waals surface area contributed by atoms with E-state index >= 15 is 0 Å². The molecule has 0 radical (unpaired) electrons. The van der Waals surface area contributed by atoms with Crippen molar-refractivity contribution in [3.63, 3.8) is 0 Å². The highest BCUT2D eigenvalue weighted by molar-refractivity contribution is 5.74. The summed E-state index contributed by atoms with van der Waals surface area (Å²) in [6.45, 7) is 5.05. The van der Waals surface area contributed by atoms with E-state index in [4.69, 9.17) is 9.84 Å². The van der Waals surface area contributed by atoms with Crippen LogP contribution in [0.2, 0.25) is 0 Å². The lowest BCUT2D eigenvalue weighted by atomic mass is 9.76. The van der Waals surface area contributed by atoms with Crippen LogP contribution < -0.4 is 5.32 Å². The molecule has 134 valence electrons. The van der Waals surface area contributed by atoms with E-state index in [-0.39, 0.29) is 12.5 Å². The Bertz CT molecular complexity index is 495. The Morgan fingerprint density at radius 3 is 2.29 bits per heavy atom. The monoisotopic (exact) mass is 335 g/mol. The number of hydrogen-bond donors (Lipinski definition) is 2. The predicted octanol–water partition coefficient (Wildman–Crippen LogP) is 3.38. The third-order valence-corrected chi connectivity index (χ3v) is 4.22. The number of esters is 1. The van der Waals surface area contributed by atoms with Crippen LogP contribution in [0.15, 0.2) is 30.3 Å². The first-order valence-electron chi connectivity index (χ1n) is 8.61. The zero-order valence-electron chi connectivity index (χ0n) is 14.7. The van der Waals surface area contributed by atoms with Gasteiger partial charge in [-0.3, -0.25) is 9.59 Å². The number of carbonyl (C=O) groups is 2. The van der Waals surface area contributed by atoms with Crippen LogP contribution in [0, 0.1) is 5.41 Å². The molecule has 0 unspecified atom stereocenters. The van der Waals surface area contributed by atoms with Crippen LogP contribution in [0.3, 0.4) is 0 Å².